The van der Waals surface area contributed by atoms with Crippen molar-refractivity contribution in [1.29, 1.82) is 0 Å². The number of aryl methyl sites for hydroxylation is 1. The quantitative estimate of drug-likeness (QED) is 0.734. The topological polar surface area (TPSA) is 49.3 Å². The maximum absolute atomic E-state index is 11.5. The van der Waals surface area contributed by atoms with Gasteiger partial charge in [-0.05, 0) is 38.8 Å². The van der Waals surface area contributed by atoms with Crippen molar-refractivity contribution in [1.82, 2.24) is 5.32 Å². The summed E-state index contributed by atoms with van der Waals surface area (Å²) in [7, 11) is 0. The molecule has 96 valence electrons. The van der Waals surface area contributed by atoms with Gasteiger partial charge in [-0.25, -0.2) is 0 Å². The molecule has 1 heterocycles. The zero-order valence-electron chi connectivity index (χ0n) is 10.5. The van der Waals surface area contributed by atoms with Gasteiger partial charge in [0.1, 0.15) is 0 Å². The lowest BCUT2D eigenvalue weighted by Crippen LogP contribution is -2.33. The van der Waals surface area contributed by atoms with E-state index in [4.69, 9.17) is 5.11 Å². The molecular weight excluding hydrogens is 234 g/mol. The highest BCUT2D eigenvalue weighted by atomic mass is 32.1. The van der Waals surface area contributed by atoms with Gasteiger partial charge >= 0.3 is 0 Å². The molecule has 1 amide bonds. The van der Waals surface area contributed by atoms with Crippen molar-refractivity contribution in [3.63, 3.8) is 0 Å². The van der Waals surface area contributed by atoms with E-state index in [0.717, 1.165) is 12.8 Å². The number of thiophene rings is 1. The highest BCUT2D eigenvalue weighted by molar-refractivity contribution is 7.11. The summed E-state index contributed by atoms with van der Waals surface area (Å²) in [5.41, 5.74) is 0. The van der Waals surface area contributed by atoms with E-state index in [-0.39, 0.29) is 18.6 Å². The Morgan fingerprint density at radius 3 is 2.82 bits per heavy atom. The third kappa shape index (κ3) is 5.84. The van der Waals surface area contributed by atoms with E-state index >= 15 is 0 Å². The Morgan fingerprint density at radius 1 is 1.47 bits per heavy atom. The van der Waals surface area contributed by atoms with Crippen molar-refractivity contribution >= 4 is 17.2 Å². The molecule has 3 nitrogen and oxygen atoms in total. The van der Waals surface area contributed by atoms with Crippen molar-refractivity contribution in [3.8, 4) is 0 Å². The van der Waals surface area contributed by atoms with Crippen LogP contribution < -0.4 is 5.32 Å². The monoisotopic (exact) mass is 255 g/mol. The second kappa shape index (κ2) is 7.45. The molecule has 0 bridgehead atoms. The van der Waals surface area contributed by atoms with E-state index in [1.165, 1.54) is 9.75 Å². The van der Waals surface area contributed by atoms with Crippen LogP contribution in [0.25, 0.3) is 0 Å². The molecule has 0 aliphatic rings. The van der Waals surface area contributed by atoms with Gasteiger partial charge in [0.05, 0.1) is 0 Å². The van der Waals surface area contributed by atoms with Gasteiger partial charge in [-0.1, -0.05) is 0 Å². The lowest BCUT2D eigenvalue weighted by Gasteiger charge is -2.12. The number of carbonyl (C=O) groups excluding carboxylic acids is 1. The number of hydrogen-bond donors (Lipinski definition) is 2. The zero-order valence-corrected chi connectivity index (χ0v) is 11.3. The van der Waals surface area contributed by atoms with Crippen LogP contribution in [0.5, 0.6) is 0 Å². The summed E-state index contributed by atoms with van der Waals surface area (Å²) in [5.74, 6) is 0.0826. The minimum atomic E-state index is 0.0826. The number of carbonyl (C=O) groups is 1. The molecule has 0 saturated heterocycles. The van der Waals surface area contributed by atoms with E-state index in [1.807, 2.05) is 6.92 Å². The van der Waals surface area contributed by atoms with Crippen molar-refractivity contribution in [2.75, 3.05) is 6.61 Å². The Morgan fingerprint density at radius 2 is 2.24 bits per heavy atom. The van der Waals surface area contributed by atoms with Crippen LogP contribution in [0.15, 0.2) is 12.1 Å². The summed E-state index contributed by atoms with van der Waals surface area (Å²) in [6.07, 6.45) is 2.86. The van der Waals surface area contributed by atoms with E-state index in [2.05, 4.69) is 24.4 Å². The smallest absolute Gasteiger partial charge is 0.220 e. The highest BCUT2D eigenvalue weighted by Crippen LogP contribution is 2.16. The third-order valence-corrected chi connectivity index (χ3v) is 3.55. The van der Waals surface area contributed by atoms with Crippen LogP contribution in [0.4, 0.5) is 0 Å². The van der Waals surface area contributed by atoms with Crippen LogP contribution in [0.2, 0.25) is 0 Å². The summed E-state index contributed by atoms with van der Waals surface area (Å²) >= 11 is 1.78. The summed E-state index contributed by atoms with van der Waals surface area (Å²) in [6, 6.07) is 4.40. The van der Waals surface area contributed by atoms with Crippen LogP contribution in [-0.4, -0.2) is 23.7 Å². The molecule has 1 aromatic rings. The molecule has 0 spiro atoms. The second-order valence-corrected chi connectivity index (χ2v) is 5.74. The average molecular weight is 255 g/mol. The lowest BCUT2D eigenvalue weighted by molar-refractivity contribution is -0.121. The summed E-state index contributed by atoms with van der Waals surface area (Å²) in [4.78, 5) is 14.2. The predicted octanol–water partition coefficient (Wildman–Crippen LogP) is 2.27. The fourth-order valence-corrected chi connectivity index (χ4v) is 2.71. The van der Waals surface area contributed by atoms with Crippen LogP contribution >= 0.6 is 11.3 Å². The van der Waals surface area contributed by atoms with Crippen molar-refractivity contribution < 1.29 is 9.90 Å². The number of hydrogen-bond acceptors (Lipinski definition) is 3. The Balaban J connectivity index is 2.24. The predicted molar refractivity (Wildman–Crippen MR) is 71.3 cm³/mol. The number of unbranched alkanes of at least 4 members (excludes halogenated alkanes) is 1. The van der Waals surface area contributed by atoms with Gasteiger partial charge in [-0.2, -0.15) is 0 Å². The molecule has 0 aromatic carbocycles. The van der Waals surface area contributed by atoms with E-state index < -0.39 is 0 Å². The van der Waals surface area contributed by atoms with E-state index in [9.17, 15) is 4.79 Å². The Bertz CT molecular complexity index is 349. The molecule has 1 atom stereocenters. The molecule has 0 radical (unpaired) electrons. The molecule has 0 fully saturated rings. The first-order valence-electron chi connectivity index (χ1n) is 6.07. The first-order chi connectivity index (χ1) is 8.11. The molecular formula is C13H21NO2S. The van der Waals surface area contributed by atoms with Crippen molar-refractivity contribution in [3.05, 3.63) is 21.9 Å². The lowest BCUT2D eigenvalue weighted by atomic mass is 10.2. The van der Waals surface area contributed by atoms with Gasteiger partial charge in [0.25, 0.3) is 0 Å². The number of nitrogens with one attached hydrogen (secondary N) is 1. The molecule has 1 rings (SSSR count). The normalized spacial score (nSPS) is 12.4. The Labute approximate surface area is 107 Å². The average Bonchev–Trinajstić information content (AvgIpc) is 2.64. The molecule has 1 unspecified atom stereocenters. The second-order valence-electron chi connectivity index (χ2n) is 4.37. The molecule has 0 aliphatic carbocycles. The van der Waals surface area contributed by atoms with Gasteiger partial charge in [0, 0.05) is 35.2 Å². The van der Waals surface area contributed by atoms with Crippen molar-refractivity contribution in [2.24, 2.45) is 0 Å². The Hall–Kier alpha value is -0.870. The molecule has 0 saturated carbocycles. The first kappa shape index (κ1) is 14.2. The van der Waals surface area contributed by atoms with Crippen LogP contribution in [-0.2, 0) is 11.2 Å². The van der Waals surface area contributed by atoms with Crippen LogP contribution in [0, 0.1) is 6.92 Å². The van der Waals surface area contributed by atoms with Gasteiger partial charge in [-0.3, -0.25) is 4.79 Å². The first-order valence-corrected chi connectivity index (χ1v) is 6.89. The molecule has 2 N–H and O–H groups in total. The minimum Gasteiger partial charge on any atom is -0.396 e. The number of rotatable bonds is 7. The van der Waals surface area contributed by atoms with Crippen LogP contribution in [0.1, 0.15) is 35.9 Å². The minimum absolute atomic E-state index is 0.0826. The summed E-state index contributed by atoms with van der Waals surface area (Å²) in [6.45, 7) is 4.28. The third-order valence-electron chi connectivity index (χ3n) is 2.52. The zero-order chi connectivity index (χ0) is 12.7. The van der Waals surface area contributed by atoms with Gasteiger partial charge in [0.2, 0.25) is 5.91 Å². The number of aliphatic hydroxyl groups excluding tert-OH is 1. The maximum atomic E-state index is 11.5. The molecule has 0 aliphatic heterocycles. The fourth-order valence-electron chi connectivity index (χ4n) is 1.69. The maximum Gasteiger partial charge on any atom is 0.220 e. The highest BCUT2D eigenvalue weighted by Gasteiger charge is 2.08. The Kier molecular flexibility index (Phi) is 6.22. The number of aliphatic hydroxyl groups is 1. The van der Waals surface area contributed by atoms with Gasteiger partial charge < -0.3 is 10.4 Å². The number of amides is 1. The van der Waals surface area contributed by atoms with Gasteiger partial charge in [-0.15, -0.1) is 11.3 Å². The molecule has 1 aromatic heterocycles. The molecule has 4 heteroatoms. The van der Waals surface area contributed by atoms with E-state index in [1.54, 1.807) is 11.3 Å². The van der Waals surface area contributed by atoms with Crippen molar-refractivity contribution in [2.45, 2.75) is 45.6 Å². The van der Waals surface area contributed by atoms with Crippen LogP contribution in [0.3, 0.4) is 0 Å². The summed E-state index contributed by atoms with van der Waals surface area (Å²) < 4.78 is 0. The van der Waals surface area contributed by atoms with Gasteiger partial charge in [0.15, 0.2) is 0 Å². The standard InChI is InChI=1S/C13H21NO2S/c1-10(9-12-7-6-11(2)17-12)14-13(16)5-3-4-8-15/h6-7,10,15H,3-5,8-9H2,1-2H3,(H,14,16). The van der Waals surface area contributed by atoms with E-state index in [0.29, 0.717) is 12.8 Å². The fraction of sp³-hybridized carbons (Fsp3) is 0.615. The largest absolute Gasteiger partial charge is 0.396 e. The SMILES string of the molecule is Cc1ccc(CC(C)NC(=O)CCCCO)s1. The summed E-state index contributed by atoms with van der Waals surface area (Å²) in [5, 5.41) is 11.6. The molecule has 17 heavy (non-hydrogen) atoms.